The average molecular weight is 1030 g/mol. The summed E-state index contributed by atoms with van der Waals surface area (Å²) in [5, 5.41) is 6.67. The molecule has 8 bridgehead atoms. The van der Waals surface area contributed by atoms with Crippen LogP contribution in [-0.4, -0.2) is 25.8 Å². The minimum Gasteiger partial charge on any atom is -0.455 e. The highest BCUT2D eigenvalue weighted by Crippen LogP contribution is 2.55. The van der Waals surface area contributed by atoms with Crippen molar-refractivity contribution < 1.29 is 10.1 Å². The molecule has 0 aliphatic carbocycles. The van der Waals surface area contributed by atoms with Gasteiger partial charge in [0, 0.05) is 66.4 Å². The molecule has 78 heavy (non-hydrogen) atoms. The van der Waals surface area contributed by atoms with E-state index >= 15 is 0 Å². The van der Waals surface area contributed by atoms with Gasteiger partial charge in [-0.05, 0) is 195 Å². The van der Waals surface area contributed by atoms with Gasteiger partial charge in [-0.15, -0.1) is 0 Å². The molecule has 0 atom stereocenters. The van der Waals surface area contributed by atoms with E-state index in [0.717, 1.165) is 106 Å². The number of aromatic nitrogens is 4. The van der Waals surface area contributed by atoms with Crippen molar-refractivity contribution in [1.82, 2.24) is 19.9 Å². The predicted octanol–water partition coefficient (Wildman–Crippen LogP) is 16.6. The lowest BCUT2D eigenvalue weighted by molar-refractivity contribution is -0.114. The standard InChI is InChI=1S/C71H74N6O/c1-36-26-39(4)59(40(5)27-36)63-53-20-18-51(74-53)62(47-32-45(69(10,11)12)34-49-66(47)78-67-48(68(72)73)33-46(70(13,14)15)35-50(67)71(49,16)17)52-19-21-54(75-52)64(60-41(6)28-37(2)29-42(60)7)56-23-25-58(77-56)65(57-24-22-55(63)76-57)61-43(8)30-38(3)31-44(61)9/h18-35,74,77H,1-17H3,(H3,72,73)/p+1. The molecule has 0 saturated carbocycles. The molecule has 5 aromatic carbocycles. The Morgan fingerprint density at radius 3 is 1.12 bits per heavy atom. The van der Waals surface area contributed by atoms with Crippen LogP contribution in [0.3, 0.4) is 0 Å². The van der Waals surface area contributed by atoms with Crippen LogP contribution >= 0.6 is 0 Å². The molecule has 3 aliphatic rings. The third-order valence-electron chi connectivity index (χ3n) is 16.6. The van der Waals surface area contributed by atoms with Crippen molar-refractivity contribution in [2.24, 2.45) is 5.73 Å². The average Bonchev–Trinajstić information content (AvgIpc) is 4.26. The van der Waals surface area contributed by atoms with Gasteiger partial charge in [0.1, 0.15) is 17.1 Å². The van der Waals surface area contributed by atoms with Crippen LogP contribution in [0.1, 0.15) is 156 Å². The molecule has 0 fully saturated rings. The van der Waals surface area contributed by atoms with E-state index in [4.69, 9.17) is 25.8 Å². The Morgan fingerprint density at radius 2 is 0.769 bits per heavy atom. The molecule has 6 heterocycles. The van der Waals surface area contributed by atoms with E-state index in [1.165, 1.54) is 61.2 Å². The molecule has 3 aliphatic heterocycles. The van der Waals surface area contributed by atoms with Gasteiger partial charge in [0.25, 0.3) is 5.84 Å². The normalized spacial score (nSPS) is 13.7. The Morgan fingerprint density at radius 1 is 0.449 bits per heavy atom. The molecule has 7 nitrogen and oxygen atoms in total. The third kappa shape index (κ3) is 8.63. The highest BCUT2D eigenvalue weighted by atomic mass is 16.5. The van der Waals surface area contributed by atoms with E-state index in [0.29, 0.717) is 11.3 Å². The molecular weight excluding hydrogens is 953 g/mol. The van der Waals surface area contributed by atoms with Crippen LogP contribution in [0.15, 0.2) is 84.9 Å². The van der Waals surface area contributed by atoms with E-state index in [9.17, 15) is 0 Å². The van der Waals surface area contributed by atoms with Crippen molar-refractivity contribution in [1.29, 1.82) is 0 Å². The third-order valence-corrected chi connectivity index (χ3v) is 16.6. The van der Waals surface area contributed by atoms with Gasteiger partial charge in [-0.1, -0.05) is 121 Å². The number of nitrogens with zero attached hydrogens (tertiary/aromatic N) is 2. The second-order valence-corrected chi connectivity index (χ2v) is 25.3. The number of aromatic amines is 2. The summed E-state index contributed by atoms with van der Waals surface area (Å²) in [5.74, 6) is 1.65. The highest BCUT2D eigenvalue weighted by molar-refractivity contribution is 6.03. The largest absolute Gasteiger partial charge is 0.455 e. The first kappa shape index (κ1) is 52.0. The number of benzene rings is 5. The number of nitrogens with one attached hydrogen (secondary N) is 2. The first-order valence-electron chi connectivity index (χ1n) is 27.5. The van der Waals surface area contributed by atoms with Crippen LogP contribution in [-0.2, 0) is 16.2 Å². The minimum atomic E-state index is -0.532. The molecule has 394 valence electrons. The molecule has 8 aromatic rings. The Labute approximate surface area is 461 Å². The second kappa shape index (κ2) is 18.3. The maximum Gasteiger partial charge on any atom is 0.274 e. The van der Waals surface area contributed by atoms with E-state index in [-0.39, 0.29) is 16.7 Å². The minimum absolute atomic E-state index is 0.169. The fourth-order valence-electron chi connectivity index (χ4n) is 12.9. The van der Waals surface area contributed by atoms with Gasteiger partial charge in [-0.25, -0.2) is 9.97 Å². The Balaban J connectivity index is 1.36. The lowest BCUT2D eigenvalue weighted by atomic mass is 9.70. The van der Waals surface area contributed by atoms with Gasteiger partial charge in [0.15, 0.2) is 0 Å². The summed E-state index contributed by atoms with van der Waals surface area (Å²) in [4.78, 5) is 19.7. The number of fused-ring (bicyclic) bond motifs is 10. The van der Waals surface area contributed by atoms with Crippen LogP contribution in [0.25, 0.3) is 90.9 Å². The summed E-state index contributed by atoms with van der Waals surface area (Å²) in [6.45, 7) is 38.0. The fourth-order valence-corrected chi connectivity index (χ4v) is 12.9. The fraction of sp³-hybridized carbons (Fsp3) is 0.282. The summed E-state index contributed by atoms with van der Waals surface area (Å²) >= 11 is 0. The van der Waals surface area contributed by atoms with E-state index in [2.05, 4.69) is 237 Å². The van der Waals surface area contributed by atoms with Crippen LogP contribution in [0.2, 0.25) is 0 Å². The molecular formula is C71H75N6O+. The number of hydrogen-bond acceptors (Lipinski definition) is 3. The summed E-state index contributed by atoms with van der Waals surface area (Å²) in [6.07, 6.45) is 8.80. The topological polar surface area (TPSA) is 118 Å². The summed E-state index contributed by atoms with van der Waals surface area (Å²) < 4.78 is 7.46. The molecule has 0 amide bonds. The Kier molecular flexibility index (Phi) is 12.2. The van der Waals surface area contributed by atoms with Crippen LogP contribution in [0.5, 0.6) is 11.5 Å². The zero-order valence-electron chi connectivity index (χ0n) is 48.8. The quantitative estimate of drug-likeness (QED) is 0.101. The SMILES string of the molecule is Cc1cc(C)c(-c2c3nc(c(-c4c(C)cc(C)cc4C)c4ccc([nH]4)c(-c4c(C)cc(C)cc4C)c4nc(c(-c5cc(C(C)(C)C)cc6c5Oc5c(C(N)=[NH2+])cc(C(C)(C)C)cc5C6(C)C)c5ccc2[nH]5)C=C4)C=C3)c(C)c1. The second-order valence-electron chi connectivity index (χ2n) is 25.3. The van der Waals surface area contributed by atoms with E-state index < -0.39 is 5.41 Å². The summed E-state index contributed by atoms with van der Waals surface area (Å²) in [6, 6.07) is 31.7. The molecule has 11 rings (SSSR count). The maximum atomic E-state index is 7.46. The summed E-state index contributed by atoms with van der Waals surface area (Å²) in [7, 11) is 0. The predicted molar refractivity (Wildman–Crippen MR) is 330 cm³/mol. The lowest BCUT2D eigenvalue weighted by Crippen LogP contribution is -2.46. The van der Waals surface area contributed by atoms with Gasteiger partial charge in [0.05, 0.1) is 22.8 Å². The van der Waals surface area contributed by atoms with Crippen LogP contribution in [0, 0.1) is 62.3 Å². The Hall–Kier alpha value is -8.03. The smallest absolute Gasteiger partial charge is 0.274 e. The van der Waals surface area contributed by atoms with Gasteiger partial charge < -0.3 is 14.7 Å². The molecule has 0 spiro atoms. The number of aryl methyl sites for hydroxylation is 9. The number of hydrogen-bond donors (Lipinski definition) is 4. The van der Waals surface area contributed by atoms with Gasteiger partial charge in [0.2, 0.25) is 0 Å². The number of ether oxygens (including phenoxy) is 1. The molecule has 6 N–H and O–H groups in total. The first-order valence-corrected chi connectivity index (χ1v) is 27.5. The number of H-pyrrole nitrogens is 2. The van der Waals surface area contributed by atoms with Gasteiger partial charge >= 0.3 is 0 Å². The molecule has 0 saturated heterocycles. The van der Waals surface area contributed by atoms with Crippen molar-refractivity contribution in [3.8, 4) is 56.0 Å². The molecule has 0 unspecified atom stereocenters. The number of rotatable bonds is 5. The zero-order valence-corrected chi connectivity index (χ0v) is 48.8. The van der Waals surface area contributed by atoms with E-state index in [1.807, 2.05) is 0 Å². The molecule has 0 radical (unpaired) electrons. The molecule has 3 aromatic heterocycles. The van der Waals surface area contributed by atoms with Crippen molar-refractivity contribution in [3.05, 3.63) is 186 Å². The maximum absolute atomic E-state index is 7.46. The number of nitrogens with two attached hydrogens (primary N) is 2. The van der Waals surface area contributed by atoms with Crippen LogP contribution < -0.4 is 15.9 Å². The lowest BCUT2D eigenvalue weighted by Gasteiger charge is -2.38. The number of amidine groups is 1. The van der Waals surface area contributed by atoms with Gasteiger partial charge in [-0.3, -0.25) is 11.1 Å². The van der Waals surface area contributed by atoms with Gasteiger partial charge in [-0.2, -0.15) is 0 Å². The van der Waals surface area contributed by atoms with Crippen molar-refractivity contribution in [2.45, 2.75) is 134 Å². The van der Waals surface area contributed by atoms with Crippen molar-refractivity contribution >= 4 is 52.2 Å². The monoisotopic (exact) mass is 1030 g/mol. The highest BCUT2D eigenvalue weighted by Gasteiger charge is 2.41. The molecule has 7 heteroatoms. The zero-order chi connectivity index (χ0) is 55.8. The van der Waals surface area contributed by atoms with Crippen LogP contribution in [0.4, 0.5) is 0 Å². The summed E-state index contributed by atoms with van der Waals surface area (Å²) in [5.41, 5.74) is 37.3. The van der Waals surface area contributed by atoms with Crippen molar-refractivity contribution in [2.75, 3.05) is 0 Å². The van der Waals surface area contributed by atoms with Crippen molar-refractivity contribution in [3.63, 3.8) is 0 Å². The Bertz CT molecular complexity index is 4050. The first-order chi connectivity index (χ1) is 36.7. The van der Waals surface area contributed by atoms with E-state index in [1.54, 1.807) is 0 Å².